The zero-order chi connectivity index (χ0) is 13.7. The van der Waals surface area contributed by atoms with Crippen molar-refractivity contribution in [3.8, 4) is 5.75 Å². The maximum Gasteiger partial charge on any atom is 0.204 e. The Balaban J connectivity index is 2.89. The average Bonchev–Trinajstić information content (AvgIpc) is 2.37. The number of hydrogen-bond acceptors (Lipinski definition) is 1. The van der Waals surface area contributed by atoms with Crippen LogP contribution in [0, 0.1) is 30.2 Å². The van der Waals surface area contributed by atoms with Gasteiger partial charge in [0.15, 0.2) is 17.4 Å². The van der Waals surface area contributed by atoms with E-state index in [-0.39, 0.29) is 6.61 Å². The van der Waals surface area contributed by atoms with Gasteiger partial charge in [-0.3, -0.25) is 0 Å². The van der Waals surface area contributed by atoms with Crippen LogP contribution in [0.25, 0.3) is 0 Å². The number of rotatable bonds is 5. The minimum atomic E-state index is -1.50. The molecule has 0 spiro atoms. The highest BCUT2D eigenvalue weighted by molar-refractivity contribution is 5.33. The van der Waals surface area contributed by atoms with Crippen LogP contribution in [0.2, 0.25) is 0 Å². The molecule has 0 heterocycles. The molecule has 0 fully saturated rings. The number of halogens is 4. The third kappa shape index (κ3) is 3.03. The monoisotopic (exact) mass is 262 g/mol. The van der Waals surface area contributed by atoms with Crippen molar-refractivity contribution >= 4 is 0 Å². The molecule has 0 aromatic heterocycles. The molecule has 100 valence electrons. The summed E-state index contributed by atoms with van der Waals surface area (Å²) in [4.78, 5) is 0. The van der Waals surface area contributed by atoms with Gasteiger partial charge in [0, 0.05) is 5.56 Å². The Morgan fingerprint density at radius 2 is 1.50 bits per heavy atom. The summed E-state index contributed by atoms with van der Waals surface area (Å²) in [5.41, 5.74) is -0.695. The van der Waals surface area contributed by atoms with Crippen LogP contribution in [0.4, 0.5) is 17.6 Å². The molecule has 1 nitrogen and oxygen atoms in total. The molecule has 0 radical (unpaired) electrons. The number of hydrogen-bond donors (Lipinski definition) is 0. The topological polar surface area (TPSA) is 9.23 Å². The van der Waals surface area contributed by atoms with Gasteiger partial charge in [-0.25, -0.2) is 8.78 Å². The molecule has 1 rings (SSSR count). The van der Waals surface area contributed by atoms with Gasteiger partial charge in [0.05, 0.1) is 0 Å². The Labute approximate surface area is 103 Å². The van der Waals surface area contributed by atoms with E-state index in [4.69, 9.17) is 4.74 Å². The van der Waals surface area contributed by atoms with E-state index in [1.165, 1.54) is 6.08 Å². The summed E-state index contributed by atoms with van der Waals surface area (Å²) in [6.45, 7) is 2.78. The van der Waals surface area contributed by atoms with Crippen molar-refractivity contribution in [2.24, 2.45) is 0 Å². The van der Waals surface area contributed by atoms with Gasteiger partial charge >= 0.3 is 0 Å². The van der Waals surface area contributed by atoms with Crippen LogP contribution in [0.5, 0.6) is 5.75 Å². The van der Waals surface area contributed by atoms with Gasteiger partial charge in [0.1, 0.15) is 6.61 Å². The molecule has 0 N–H and O–H groups in total. The van der Waals surface area contributed by atoms with Crippen LogP contribution in [0.1, 0.15) is 25.3 Å². The fourth-order valence-electron chi connectivity index (χ4n) is 1.33. The first-order valence-electron chi connectivity index (χ1n) is 5.61. The molecule has 0 aliphatic rings. The van der Waals surface area contributed by atoms with Crippen molar-refractivity contribution in [3.05, 3.63) is 41.0 Å². The third-order valence-electron chi connectivity index (χ3n) is 2.39. The number of allylic oxidation sites excluding steroid dienone is 1. The van der Waals surface area contributed by atoms with E-state index in [0.717, 1.165) is 19.8 Å². The molecule has 18 heavy (non-hydrogen) atoms. The summed E-state index contributed by atoms with van der Waals surface area (Å²) in [5.74, 6) is -6.88. The first-order chi connectivity index (χ1) is 8.50. The average molecular weight is 262 g/mol. The minimum Gasteiger partial charge on any atom is -0.483 e. The quantitative estimate of drug-likeness (QED) is 0.437. The minimum absolute atomic E-state index is 0.143. The molecule has 0 aliphatic carbocycles. The lowest BCUT2D eigenvalue weighted by Gasteiger charge is -2.09. The lowest BCUT2D eigenvalue weighted by Crippen LogP contribution is -2.06. The van der Waals surface area contributed by atoms with E-state index < -0.39 is 34.6 Å². The number of ether oxygens (including phenoxy) is 1. The molecule has 0 bridgehead atoms. The lowest BCUT2D eigenvalue weighted by atomic mass is 10.2. The molecule has 0 unspecified atom stereocenters. The van der Waals surface area contributed by atoms with E-state index in [1.54, 1.807) is 6.08 Å². The summed E-state index contributed by atoms with van der Waals surface area (Å²) in [6.07, 6.45) is 5.02. The van der Waals surface area contributed by atoms with Crippen LogP contribution in [0.15, 0.2) is 12.2 Å². The highest BCUT2D eigenvalue weighted by atomic mass is 19.2. The second-order valence-corrected chi connectivity index (χ2v) is 3.78. The zero-order valence-corrected chi connectivity index (χ0v) is 10.2. The van der Waals surface area contributed by atoms with Gasteiger partial charge in [-0.2, -0.15) is 8.78 Å². The Kier molecular flexibility index (Phi) is 5.19. The van der Waals surface area contributed by atoms with Crippen LogP contribution in [-0.2, 0) is 0 Å². The Morgan fingerprint density at radius 3 is 2.00 bits per heavy atom. The van der Waals surface area contributed by atoms with Gasteiger partial charge in [0.25, 0.3) is 0 Å². The van der Waals surface area contributed by atoms with E-state index in [2.05, 4.69) is 0 Å². The van der Waals surface area contributed by atoms with Crippen LogP contribution >= 0.6 is 0 Å². The third-order valence-corrected chi connectivity index (χ3v) is 2.39. The number of benzene rings is 1. The molecule has 1 aromatic carbocycles. The van der Waals surface area contributed by atoms with Crippen LogP contribution in [-0.4, -0.2) is 6.61 Å². The van der Waals surface area contributed by atoms with E-state index in [9.17, 15) is 17.6 Å². The van der Waals surface area contributed by atoms with Gasteiger partial charge in [-0.05, 0) is 13.3 Å². The molecular weight excluding hydrogens is 248 g/mol. The molecule has 5 heteroatoms. The number of unbranched alkanes of at least 4 members (excludes halogenated alkanes) is 1. The fourth-order valence-corrected chi connectivity index (χ4v) is 1.33. The van der Waals surface area contributed by atoms with Gasteiger partial charge < -0.3 is 4.74 Å². The molecular formula is C13H14F4O. The van der Waals surface area contributed by atoms with Crippen LogP contribution in [0.3, 0.4) is 0 Å². The SMILES string of the molecule is CCC/C=C/COc1c(F)c(F)c(C)c(F)c1F. The molecule has 0 saturated heterocycles. The van der Waals surface area contributed by atoms with Gasteiger partial charge in [-0.1, -0.05) is 25.5 Å². The first-order valence-corrected chi connectivity index (χ1v) is 5.61. The largest absolute Gasteiger partial charge is 0.483 e. The van der Waals surface area contributed by atoms with Crippen molar-refractivity contribution in [2.45, 2.75) is 26.7 Å². The maximum atomic E-state index is 13.3. The highest BCUT2D eigenvalue weighted by Crippen LogP contribution is 2.29. The standard InChI is InChI=1S/C13H14F4O/c1-3-4-5-6-7-18-13-11(16)9(14)8(2)10(15)12(13)17/h5-6H,3-4,7H2,1-2H3/b6-5+. The Bertz CT molecular complexity index is 426. The first kappa shape index (κ1) is 14.5. The second-order valence-electron chi connectivity index (χ2n) is 3.78. The van der Waals surface area contributed by atoms with Crippen molar-refractivity contribution in [3.63, 3.8) is 0 Å². The Hall–Kier alpha value is -1.52. The summed E-state index contributed by atoms with van der Waals surface area (Å²) >= 11 is 0. The fraction of sp³-hybridized carbons (Fsp3) is 0.385. The normalized spacial score (nSPS) is 11.2. The molecule has 0 atom stereocenters. The van der Waals surface area contributed by atoms with Crippen molar-refractivity contribution in [2.75, 3.05) is 6.61 Å². The summed E-state index contributed by atoms with van der Waals surface area (Å²) in [6, 6.07) is 0. The van der Waals surface area contributed by atoms with Gasteiger partial charge in [-0.15, -0.1) is 0 Å². The van der Waals surface area contributed by atoms with E-state index >= 15 is 0 Å². The Morgan fingerprint density at radius 1 is 0.944 bits per heavy atom. The van der Waals surface area contributed by atoms with Crippen molar-refractivity contribution in [1.29, 1.82) is 0 Å². The smallest absolute Gasteiger partial charge is 0.204 e. The highest BCUT2D eigenvalue weighted by Gasteiger charge is 2.23. The molecule has 0 saturated carbocycles. The molecule has 1 aromatic rings. The molecule has 0 aliphatic heterocycles. The summed E-state index contributed by atoms with van der Waals surface area (Å²) in [7, 11) is 0. The van der Waals surface area contributed by atoms with E-state index in [0.29, 0.717) is 0 Å². The van der Waals surface area contributed by atoms with Gasteiger partial charge in [0.2, 0.25) is 11.6 Å². The predicted octanol–water partition coefficient (Wildman–Crippen LogP) is 4.29. The lowest BCUT2D eigenvalue weighted by molar-refractivity contribution is 0.300. The van der Waals surface area contributed by atoms with Crippen LogP contribution < -0.4 is 4.74 Å². The van der Waals surface area contributed by atoms with Crippen molar-refractivity contribution < 1.29 is 22.3 Å². The summed E-state index contributed by atoms with van der Waals surface area (Å²) in [5, 5.41) is 0. The van der Waals surface area contributed by atoms with E-state index in [1.807, 2.05) is 6.92 Å². The predicted molar refractivity (Wildman–Crippen MR) is 60.6 cm³/mol. The molecule has 0 amide bonds. The maximum absolute atomic E-state index is 13.3. The summed E-state index contributed by atoms with van der Waals surface area (Å²) < 4.78 is 57.8. The second kappa shape index (κ2) is 6.42. The zero-order valence-electron chi connectivity index (χ0n) is 10.2. The van der Waals surface area contributed by atoms with Crippen molar-refractivity contribution in [1.82, 2.24) is 0 Å².